The summed E-state index contributed by atoms with van der Waals surface area (Å²) < 4.78 is 7.24. The van der Waals surface area contributed by atoms with Gasteiger partial charge in [-0.05, 0) is 39.3 Å². The summed E-state index contributed by atoms with van der Waals surface area (Å²) in [5.41, 5.74) is 12.2. The molecule has 0 aliphatic carbocycles. The lowest BCUT2D eigenvalue weighted by Crippen LogP contribution is -2.07. The molecule has 0 atom stereocenters. The number of hydrogen-bond acceptors (Lipinski definition) is 5. The lowest BCUT2D eigenvalue weighted by Gasteiger charge is -2.16. The minimum atomic E-state index is 0.344. The lowest BCUT2D eigenvalue weighted by molar-refractivity contribution is 0.411. The predicted octanol–water partition coefficient (Wildman–Crippen LogP) is 3.12. The third-order valence-corrected chi connectivity index (χ3v) is 4.37. The zero-order chi connectivity index (χ0) is 17.6. The van der Waals surface area contributed by atoms with Gasteiger partial charge >= 0.3 is 0 Å². The molecule has 3 aromatic rings. The number of rotatable bonds is 2. The van der Waals surface area contributed by atoms with Crippen molar-refractivity contribution in [1.82, 2.24) is 14.5 Å². The number of nitriles is 1. The van der Waals surface area contributed by atoms with Gasteiger partial charge in [-0.2, -0.15) is 5.26 Å². The van der Waals surface area contributed by atoms with Crippen LogP contribution in [0.3, 0.4) is 0 Å². The van der Waals surface area contributed by atoms with Gasteiger partial charge in [-0.1, -0.05) is 6.07 Å². The molecule has 0 radical (unpaired) electrons. The highest BCUT2D eigenvalue weighted by Crippen LogP contribution is 2.35. The van der Waals surface area contributed by atoms with Gasteiger partial charge in [0.05, 0.1) is 24.2 Å². The normalized spacial score (nSPS) is 10.8. The van der Waals surface area contributed by atoms with Crippen molar-refractivity contribution in [3.8, 4) is 17.5 Å². The Morgan fingerprint density at radius 2 is 1.79 bits per heavy atom. The number of hydrogen-bond donors (Lipinski definition) is 1. The first-order valence-electron chi connectivity index (χ1n) is 7.60. The second-order valence-corrected chi connectivity index (χ2v) is 5.83. The van der Waals surface area contributed by atoms with E-state index in [9.17, 15) is 5.26 Å². The van der Waals surface area contributed by atoms with E-state index in [-0.39, 0.29) is 0 Å². The van der Waals surface area contributed by atoms with Crippen LogP contribution < -0.4 is 10.5 Å². The Morgan fingerprint density at radius 1 is 1.12 bits per heavy atom. The molecule has 0 spiro atoms. The number of nitrogens with two attached hydrogens (primary N) is 1. The Labute approximate surface area is 140 Å². The smallest absolute Gasteiger partial charge is 0.166 e. The van der Waals surface area contributed by atoms with Gasteiger partial charge < -0.3 is 10.5 Å². The van der Waals surface area contributed by atoms with Gasteiger partial charge in [-0.25, -0.2) is 9.97 Å². The van der Waals surface area contributed by atoms with E-state index >= 15 is 0 Å². The molecule has 6 nitrogen and oxygen atoms in total. The zero-order valence-electron chi connectivity index (χ0n) is 14.4. The molecule has 0 amide bonds. The molecule has 0 fully saturated rings. The molecule has 2 aromatic heterocycles. The number of aryl methyl sites for hydroxylation is 3. The molecule has 3 rings (SSSR count). The molecule has 0 unspecified atom stereocenters. The number of ether oxygens (including phenoxy) is 1. The van der Waals surface area contributed by atoms with Crippen molar-refractivity contribution in [3.05, 3.63) is 40.2 Å². The van der Waals surface area contributed by atoms with Gasteiger partial charge in [0.15, 0.2) is 5.65 Å². The zero-order valence-corrected chi connectivity index (χ0v) is 14.4. The van der Waals surface area contributed by atoms with Crippen molar-refractivity contribution in [2.24, 2.45) is 0 Å². The molecule has 0 aliphatic heterocycles. The second kappa shape index (κ2) is 5.53. The molecule has 0 bridgehead atoms. The molecule has 1 aromatic carbocycles. The average Bonchev–Trinajstić information content (AvgIpc) is 2.80. The molecule has 2 N–H and O–H groups in total. The van der Waals surface area contributed by atoms with Crippen LogP contribution in [0.1, 0.15) is 28.1 Å². The minimum absolute atomic E-state index is 0.344. The maximum absolute atomic E-state index is 9.54. The molecular weight excluding hydrogens is 302 g/mol. The topological polar surface area (TPSA) is 89.8 Å². The van der Waals surface area contributed by atoms with Crippen molar-refractivity contribution in [2.75, 3.05) is 12.8 Å². The third-order valence-electron chi connectivity index (χ3n) is 4.37. The molecule has 122 valence electrons. The first-order chi connectivity index (χ1) is 11.4. The Balaban J connectivity index is 2.51. The minimum Gasteiger partial charge on any atom is -0.496 e. The molecule has 0 aliphatic rings. The maximum Gasteiger partial charge on any atom is 0.166 e. The Morgan fingerprint density at radius 3 is 2.42 bits per heavy atom. The van der Waals surface area contributed by atoms with E-state index in [1.54, 1.807) is 11.7 Å². The SMILES string of the molecule is COc1ccc(C)c(-n2c(N)c(C#N)c3nc(C)c(C)nc32)c1C. The van der Waals surface area contributed by atoms with Gasteiger partial charge in [0, 0.05) is 5.56 Å². The van der Waals surface area contributed by atoms with E-state index in [1.165, 1.54) is 0 Å². The third kappa shape index (κ3) is 2.09. The van der Waals surface area contributed by atoms with Crippen molar-refractivity contribution >= 4 is 17.0 Å². The van der Waals surface area contributed by atoms with Crippen molar-refractivity contribution in [3.63, 3.8) is 0 Å². The molecule has 24 heavy (non-hydrogen) atoms. The average molecular weight is 321 g/mol. The van der Waals surface area contributed by atoms with Crippen LogP contribution in [0, 0.1) is 39.0 Å². The fourth-order valence-electron chi connectivity index (χ4n) is 2.98. The number of nitrogen functional groups attached to an aromatic ring is 1. The highest BCUT2D eigenvalue weighted by atomic mass is 16.5. The van der Waals surface area contributed by atoms with E-state index in [2.05, 4.69) is 16.0 Å². The molecule has 0 saturated carbocycles. The highest BCUT2D eigenvalue weighted by molar-refractivity contribution is 5.89. The lowest BCUT2D eigenvalue weighted by atomic mass is 10.1. The van der Waals surface area contributed by atoms with Gasteiger partial charge in [-0.3, -0.25) is 4.57 Å². The summed E-state index contributed by atoms with van der Waals surface area (Å²) in [6.45, 7) is 7.73. The van der Waals surface area contributed by atoms with E-state index < -0.39 is 0 Å². The molecule has 0 saturated heterocycles. The first kappa shape index (κ1) is 15.8. The van der Waals surface area contributed by atoms with Crippen molar-refractivity contribution < 1.29 is 4.74 Å². The van der Waals surface area contributed by atoms with Gasteiger partial charge in [0.1, 0.15) is 28.7 Å². The van der Waals surface area contributed by atoms with Crippen LogP contribution in [0.25, 0.3) is 16.9 Å². The van der Waals surface area contributed by atoms with Crippen LogP contribution in [-0.2, 0) is 0 Å². The number of nitrogens with zero attached hydrogens (tertiary/aromatic N) is 4. The number of anilines is 1. The summed E-state index contributed by atoms with van der Waals surface area (Å²) in [6, 6.07) is 6.05. The van der Waals surface area contributed by atoms with E-state index in [4.69, 9.17) is 10.5 Å². The number of aromatic nitrogens is 3. The largest absolute Gasteiger partial charge is 0.496 e. The predicted molar refractivity (Wildman–Crippen MR) is 93.5 cm³/mol. The summed E-state index contributed by atoms with van der Waals surface area (Å²) in [6.07, 6.45) is 0. The number of benzene rings is 1. The number of methoxy groups -OCH3 is 1. The maximum atomic E-state index is 9.54. The second-order valence-electron chi connectivity index (χ2n) is 5.83. The monoisotopic (exact) mass is 321 g/mol. The van der Waals surface area contributed by atoms with Gasteiger partial charge in [-0.15, -0.1) is 0 Å². The number of fused-ring (bicyclic) bond motifs is 1. The van der Waals surface area contributed by atoms with E-state index in [0.717, 1.165) is 34.0 Å². The fourth-order valence-corrected chi connectivity index (χ4v) is 2.98. The Hall–Kier alpha value is -3.07. The van der Waals surface area contributed by atoms with Crippen LogP contribution in [0.5, 0.6) is 5.75 Å². The first-order valence-corrected chi connectivity index (χ1v) is 7.60. The quantitative estimate of drug-likeness (QED) is 0.783. The Kier molecular flexibility index (Phi) is 3.64. The van der Waals surface area contributed by atoms with Crippen molar-refractivity contribution in [1.29, 1.82) is 5.26 Å². The van der Waals surface area contributed by atoms with Crippen LogP contribution in [0.4, 0.5) is 5.82 Å². The van der Waals surface area contributed by atoms with Crippen LogP contribution in [0.15, 0.2) is 12.1 Å². The molecular formula is C18H19N5O. The van der Waals surface area contributed by atoms with Crippen LogP contribution in [-0.4, -0.2) is 21.6 Å². The summed E-state index contributed by atoms with van der Waals surface area (Å²) in [4.78, 5) is 9.19. The summed E-state index contributed by atoms with van der Waals surface area (Å²) in [7, 11) is 1.63. The fraction of sp³-hybridized carbons (Fsp3) is 0.278. The summed E-state index contributed by atoms with van der Waals surface area (Å²) in [5, 5.41) is 9.54. The standard InChI is InChI=1S/C18H19N5O/c1-9-6-7-14(24-5)10(2)16(9)23-17(20)13(8-19)15-18(23)22-12(4)11(3)21-15/h6-7H,20H2,1-5H3. The summed E-state index contributed by atoms with van der Waals surface area (Å²) >= 11 is 0. The summed E-state index contributed by atoms with van der Waals surface area (Å²) in [5.74, 6) is 1.10. The highest BCUT2D eigenvalue weighted by Gasteiger charge is 2.22. The van der Waals surface area contributed by atoms with E-state index in [0.29, 0.717) is 22.5 Å². The van der Waals surface area contributed by atoms with Crippen LogP contribution in [0.2, 0.25) is 0 Å². The van der Waals surface area contributed by atoms with Gasteiger partial charge in [0.25, 0.3) is 0 Å². The van der Waals surface area contributed by atoms with Crippen LogP contribution >= 0.6 is 0 Å². The molecule has 2 heterocycles. The van der Waals surface area contributed by atoms with E-state index in [1.807, 2.05) is 39.8 Å². The van der Waals surface area contributed by atoms with Crippen molar-refractivity contribution in [2.45, 2.75) is 27.7 Å². The molecule has 6 heteroatoms. The van der Waals surface area contributed by atoms with Gasteiger partial charge in [0.2, 0.25) is 0 Å². The Bertz CT molecular complexity index is 1010.